The van der Waals surface area contributed by atoms with Gasteiger partial charge in [-0.05, 0) is 103 Å². The third-order valence-corrected chi connectivity index (χ3v) is 10.8. The molecule has 0 radical (unpaired) electrons. The van der Waals surface area contributed by atoms with Gasteiger partial charge < -0.3 is 48.9 Å². The van der Waals surface area contributed by atoms with E-state index < -0.39 is 40.4 Å². The van der Waals surface area contributed by atoms with Crippen LogP contribution in [0.1, 0.15) is 93.2 Å². The number of carbonyl (C=O) groups is 6. The van der Waals surface area contributed by atoms with E-state index in [0.29, 0.717) is 63.4 Å². The van der Waals surface area contributed by atoms with Crippen molar-refractivity contribution >= 4 is 52.0 Å². The smallest absolute Gasteiger partial charge is 0.410 e. The first-order chi connectivity index (χ1) is 28.6. The summed E-state index contributed by atoms with van der Waals surface area (Å²) >= 11 is 3.37. The number of likely N-dealkylation sites (tertiary alicyclic amines) is 2. The largest absolute Gasteiger partial charge is 0.497 e. The Morgan fingerprint density at radius 2 is 1.00 bits per heavy atom. The molecule has 2 spiro atoms. The van der Waals surface area contributed by atoms with Gasteiger partial charge in [0.2, 0.25) is 0 Å². The summed E-state index contributed by atoms with van der Waals surface area (Å²) in [5, 5.41) is 8.54. The Labute approximate surface area is 380 Å². The number of piperidine rings is 2. The summed E-state index contributed by atoms with van der Waals surface area (Å²) in [7, 11) is 6.37. The molecule has 3 N–H and O–H groups in total. The second kappa shape index (κ2) is 22.2. The fraction of sp³-hybridized carbons (Fsp3) is 0.591. The van der Waals surface area contributed by atoms with Crippen LogP contribution in [0.5, 0.6) is 23.0 Å². The maximum atomic E-state index is 13.2. The Morgan fingerprint density at radius 3 is 1.33 bits per heavy atom. The van der Waals surface area contributed by atoms with E-state index >= 15 is 0 Å². The van der Waals surface area contributed by atoms with Gasteiger partial charge in [0.25, 0.3) is 11.8 Å². The lowest BCUT2D eigenvalue weighted by atomic mass is 9.87. The zero-order valence-corrected chi connectivity index (χ0v) is 38.2. The standard InChI is InChI=1S/C21H29N3O6.C12H19N3O4.C9H11BrO2.2CH4/c1-20(2,3)30-19(27)23-8-6-21(7-9-23)17(25)24(18(26)22-21)13-14-10-15(28-4)12-16(11-14)29-5;1-11(2,3)19-10(18)15-6-4-12(5-7-15)8(16)13-9(17)14-12;1-11-8-3-7(6-10)4-9(5-8)12-2;;/h10-12H,6-9,13H2,1-5H3,(H,22,26);4-7H2,1-3H3,(H2,13,14,16,17);3-5H,6H2,1-2H3;2*1H4. The number of carbonyl (C=O) groups excluding carboxylic acids is 6. The molecule has 352 valence electrons. The molecule has 0 unspecified atom stereocenters. The zero-order valence-electron chi connectivity index (χ0n) is 36.7. The van der Waals surface area contributed by atoms with Crippen molar-refractivity contribution in [2.24, 2.45) is 0 Å². The molecule has 63 heavy (non-hydrogen) atoms. The van der Waals surface area contributed by atoms with Gasteiger partial charge in [0.05, 0.1) is 35.0 Å². The van der Waals surface area contributed by atoms with Crippen molar-refractivity contribution in [1.29, 1.82) is 0 Å². The predicted molar refractivity (Wildman–Crippen MR) is 240 cm³/mol. The highest BCUT2D eigenvalue weighted by atomic mass is 79.9. The van der Waals surface area contributed by atoms with Crippen molar-refractivity contribution in [3.8, 4) is 23.0 Å². The van der Waals surface area contributed by atoms with E-state index in [1.165, 1.54) is 4.90 Å². The third kappa shape index (κ3) is 14.3. The van der Waals surface area contributed by atoms with Crippen molar-refractivity contribution in [2.75, 3.05) is 54.6 Å². The first-order valence-corrected chi connectivity index (χ1v) is 20.9. The van der Waals surface area contributed by atoms with E-state index in [1.54, 1.807) is 77.2 Å². The lowest BCUT2D eigenvalue weighted by molar-refractivity contribution is -0.133. The van der Waals surface area contributed by atoms with Crippen LogP contribution in [0.25, 0.3) is 0 Å². The number of imide groups is 2. The van der Waals surface area contributed by atoms with E-state index in [-0.39, 0.29) is 39.3 Å². The van der Waals surface area contributed by atoms with Crippen LogP contribution in [0.3, 0.4) is 0 Å². The van der Waals surface area contributed by atoms with Crippen LogP contribution in [-0.2, 0) is 30.9 Å². The second-order valence-corrected chi connectivity index (χ2v) is 17.5. The van der Waals surface area contributed by atoms with Gasteiger partial charge in [0.15, 0.2) is 0 Å². The number of hydrogen-bond donors (Lipinski definition) is 3. The number of nitrogens with one attached hydrogen (secondary N) is 3. The fourth-order valence-corrected chi connectivity index (χ4v) is 7.24. The lowest BCUT2D eigenvalue weighted by Crippen LogP contribution is -2.56. The number of ether oxygens (including phenoxy) is 6. The monoisotopic (exact) mass is 950 g/mol. The normalized spacial score (nSPS) is 17.3. The highest BCUT2D eigenvalue weighted by molar-refractivity contribution is 9.08. The number of rotatable bonds is 7. The number of halogens is 1. The number of hydrogen-bond acceptors (Lipinski definition) is 12. The van der Waals surface area contributed by atoms with Crippen LogP contribution in [0, 0.1) is 0 Å². The maximum absolute atomic E-state index is 13.2. The molecule has 19 heteroatoms. The van der Waals surface area contributed by atoms with Crippen LogP contribution < -0.4 is 34.9 Å². The van der Waals surface area contributed by atoms with Crippen LogP contribution in [0.15, 0.2) is 36.4 Å². The molecule has 0 bridgehead atoms. The fourth-order valence-electron chi connectivity index (χ4n) is 6.92. The van der Waals surface area contributed by atoms with Crippen molar-refractivity contribution in [3.05, 3.63) is 47.5 Å². The molecule has 0 saturated carbocycles. The summed E-state index contributed by atoms with van der Waals surface area (Å²) in [6.45, 7) is 12.4. The molecule has 0 atom stereocenters. The quantitative estimate of drug-likeness (QED) is 0.190. The highest BCUT2D eigenvalue weighted by Gasteiger charge is 2.53. The molecule has 4 saturated heterocycles. The Morgan fingerprint density at radius 1 is 0.619 bits per heavy atom. The summed E-state index contributed by atoms with van der Waals surface area (Å²) in [6.07, 6.45) is 0.707. The summed E-state index contributed by atoms with van der Waals surface area (Å²) in [6, 6.07) is 10.1. The minimum atomic E-state index is -0.988. The molecule has 0 aromatic heterocycles. The van der Waals surface area contributed by atoms with Crippen LogP contribution in [0.4, 0.5) is 19.2 Å². The van der Waals surface area contributed by atoms with Crippen molar-refractivity contribution in [3.63, 3.8) is 0 Å². The molecule has 4 fully saturated rings. The molecule has 4 aliphatic heterocycles. The average Bonchev–Trinajstić information content (AvgIpc) is 3.61. The molecule has 18 nitrogen and oxygen atoms in total. The summed E-state index contributed by atoms with van der Waals surface area (Å²) in [4.78, 5) is 77.2. The predicted octanol–water partition coefficient (Wildman–Crippen LogP) is 6.99. The lowest BCUT2D eigenvalue weighted by Gasteiger charge is -2.37. The number of benzene rings is 2. The van der Waals surface area contributed by atoms with Gasteiger partial charge in [0.1, 0.15) is 45.3 Å². The second-order valence-electron chi connectivity index (χ2n) is 16.9. The molecule has 4 heterocycles. The first kappa shape index (κ1) is 53.7. The van der Waals surface area contributed by atoms with Gasteiger partial charge in [-0.1, -0.05) is 30.8 Å². The number of urea groups is 2. The number of nitrogens with zero attached hydrogens (tertiary/aromatic N) is 3. The van der Waals surface area contributed by atoms with E-state index in [1.807, 2.05) is 39.0 Å². The number of alkyl halides is 1. The van der Waals surface area contributed by atoms with E-state index in [9.17, 15) is 28.8 Å². The molecule has 0 aliphatic carbocycles. The minimum absolute atomic E-state index is 0. The van der Waals surface area contributed by atoms with Crippen molar-refractivity contribution in [2.45, 2.75) is 116 Å². The van der Waals surface area contributed by atoms with Crippen LogP contribution in [-0.4, -0.2) is 128 Å². The van der Waals surface area contributed by atoms with Crippen molar-refractivity contribution in [1.82, 2.24) is 30.7 Å². The van der Waals surface area contributed by atoms with Gasteiger partial charge in [-0.25, -0.2) is 19.2 Å². The number of methoxy groups -OCH3 is 4. The molecular weight excluding hydrogens is 884 g/mol. The van der Waals surface area contributed by atoms with Gasteiger partial charge >= 0.3 is 24.2 Å². The highest BCUT2D eigenvalue weighted by Crippen LogP contribution is 2.33. The minimum Gasteiger partial charge on any atom is -0.497 e. The van der Waals surface area contributed by atoms with Gasteiger partial charge in [-0.3, -0.25) is 19.8 Å². The summed E-state index contributed by atoms with van der Waals surface area (Å²) in [5.41, 5.74) is -1.10. The first-order valence-electron chi connectivity index (χ1n) is 19.8. The van der Waals surface area contributed by atoms with Gasteiger partial charge in [-0.15, -0.1) is 0 Å². The summed E-state index contributed by atoms with van der Waals surface area (Å²) < 4.78 is 31.4. The third-order valence-electron chi connectivity index (χ3n) is 10.1. The van der Waals surface area contributed by atoms with E-state index in [0.717, 1.165) is 28.0 Å². The molecule has 6 rings (SSSR count). The topological polar surface area (TPSA) is 204 Å². The van der Waals surface area contributed by atoms with Crippen molar-refractivity contribution < 1.29 is 57.2 Å². The van der Waals surface area contributed by atoms with Gasteiger partial charge in [-0.2, -0.15) is 0 Å². The molecular formula is C44H67BrN6O12. The Hall–Kier alpha value is -5.46. The molecule has 4 aliphatic rings. The van der Waals surface area contributed by atoms with Crippen LogP contribution in [0.2, 0.25) is 0 Å². The van der Waals surface area contributed by atoms with E-state index in [2.05, 4.69) is 31.9 Å². The molecule has 8 amide bonds. The van der Waals surface area contributed by atoms with Gasteiger partial charge in [0, 0.05) is 43.6 Å². The molecule has 2 aromatic rings. The maximum Gasteiger partial charge on any atom is 0.410 e. The zero-order chi connectivity index (χ0) is 45.3. The SMILES string of the molecule is C.C.CC(C)(C)OC(=O)N1CCC2(CC1)NC(=O)NC2=O.COc1cc(CBr)cc(OC)c1.COc1cc(CN2C(=O)NC3(CCN(C(=O)OC(C)(C)C)CC3)C2=O)cc(OC)c1. The Bertz CT molecular complexity index is 1850. The Kier molecular flexibility index (Phi) is 19.0. The average molecular weight is 952 g/mol. The molecule has 2 aromatic carbocycles. The number of amides is 8. The van der Waals surface area contributed by atoms with Crippen LogP contribution >= 0.6 is 15.9 Å². The van der Waals surface area contributed by atoms with E-state index in [4.69, 9.17) is 28.4 Å². The summed E-state index contributed by atoms with van der Waals surface area (Å²) in [5.74, 6) is 2.22. The Balaban J connectivity index is 0.000000354.